The maximum absolute atomic E-state index is 13.9. The SMILES string of the molecule is COc1c(O)cc2oc3cc(OCP456OC(O4)(O5)O6)c(CC=C(C)C)c(O)c3c(=O)c2c1CC=C(C)C. The third-order valence-corrected chi connectivity index (χ3v) is 9.40. The van der Waals surface area contributed by atoms with Gasteiger partial charge in [0.25, 0.3) is 0 Å². The Hall–Kier alpha value is -3.14. The molecular formula is C26H27O10P. The van der Waals surface area contributed by atoms with Crippen molar-refractivity contribution in [1.82, 2.24) is 0 Å². The number of ether oxygens (including phenoxy) is 2. The zero-order valence-corrected chi connectivity index (χ0v) is 21.9. The summed E-state index contributed by atoms with van der Waals surface area (Å²) in [5.41, 5.74) is 2.71. The molecule has 11 heteroatoms. The van der Waals surface area contributed by atoms with Gasteiger partial charge < -0.3 is 0 Å². The van der Waals surface area contributed by atoms with E-state index in [9.17, 15) is 15.0 Å². The van der Waals surface area contributed by atoms with Gasteiger partial charge in [-0.15, -0.1) is 0 Å². The van der Waals surface area contributed by atoms with Gasteiger partial charge in [0.15, 0.2) is 0 Å². The number of allylic oxidation sites excluding steroid dienone is 4. The second-order valence-electron chi connectivity index (χ2n) is 9.86. The van der Waals surface area contributed by atoms with E-state index in [4.69, 9.17) is 32.0 Å². The van der Waals surface area contributed by atoms with Crippen LogP contribution in [0.2, 0.25) is 0 Å². The Bertz CT molecular complexity index is 1580. The molecule has 2 N–H and O–H groups in total. The van der Waals surface area contributed by atoms with Crippen molar-refractivity contribution in [1.29, 1.82) is 0 Å². The van der Waals surface area contributed by atoms with Crippen molar-refractivity contribution in [2.75, 3.05) is 13.5 Å². The van der Waals surface area contributed by atoms with Gasteiger partial charge in [-0.2, -0.15) is 0 Å². The molecule has 37 heavy (non-hydrogen) atoms. The van der Waals surface area contributed by atoms with Crippen LogP contribution in [0.3, 0.4) is 0 Å². The van der Waals surface area contributed by atoms with Gasteiger partial charge in [-0.1, -0.05) is 0 Å². The average Bonchev–Trinajstić information content (AvgIpc) is 2.73. The van der Waals surface area contributed by atoms with Gasteiger partial charge in [0.05, 0.1) is 0 Å². The van der Waals surface area contributed by atoms with E-state index >= 15 is 0 Å². The van der Waals surface area contributed by atoms with Gasteiger partial charge in [-0.05, 0) is 13.8 Å². The van der Waals surface area contributed by atoms with Crippen molar-refractivity contribution >= 4 is 29.4 Å². The van der Waals surface area contributed by atoms with E-state index in [0.717, 1.165) is 11.1 Å². The summed E-state index contributed by atoms with van der Waals surface area (Å²) in [4.78, 5) is 13.9. The summed E-state index contributed by atoms with van der Waals surface area (Å²) in [6.07, 6.45) is 2.98. The van der Waals surface area contributed by atoms with Crippen molar-refractivity contribution in [3.05, 3.63) is 56.8 Å². The van der Waals surface area contributed by atoms with Gasteiger partial charge in [0.1, 0.15) is 0 Å². The first-order chi connectivity index (χ1) is 17.5. The normalized spacial score (nSPS) is 22.6. The number of phenolic OH excluding ortho intramolecular Hbond substituents is 2. The molecule has 10 nitrogen and oxygen atoms in total. The third kappa shape index (κ3) is 3.41. The van der Waals surface area contributed by atoms with Crippen LogP contribution in [0.5, 0.6) is 23.0 Å². The van der Waals surface area contributed by atoms with Crippen LogP contribution in [-0.2, 0) is 30.9 Å². The van der Waals surface area contributed by atoms with Crippen LogP contribution in [0, 0.1) is 0 Å². The molecule has 6 aliphatic rings. The first-order valence-corrected chi connectivity index (χ1v) is 13.9. The Morgan fingerprint density at radius 2 is 1.54 bits per heavy atom. The molecule has 0 spiro atoms. The number of benzene rings is 2. The molecule has 1 aromatic heterocycles. The third-order valence-electron chi connectivity index (χ3n) is 6.54. The van der Waals surface area contributed by atoms with Crippen LogP contribution in [0.1, 0.15) is 38.8 Å². The van der Waals surface area contributed by atoms with Crippen molar-refractivity contribution in [3.63, 3.8) is 0 Å². The predicted molar refractivity (Wildman–Crippen MR) is 136 cm³/mol. The van der Waals surface area contributed by atoms with Crippen molar-refractivity contribution < 1.29 is 42.2 Å². The van der Waals surface area contributed by atoms with Gasteiger partial charge in [-0.25, -0.2) is 0 Å². The molecule has 196 valence electrons. The molecule has 0 radical (unpaired) electrons. The number of methoxy groups -OCH3 is 1. The molecule has 6 saturated heterocycles. The predicted octanol–water partition coefficient (Wildman–Crippen LogP) is 5.65. The summed E-state index contributed by atoms with van der Waals surface area (Å²) in [7, 11) is -2.17. The van der Waals surface area contributed by atoms with E-state index in [1.54, 1.807) is 0 Å². The summed E-state index contributed by atoms with van der Waals surface area (Å²) in [6, 6.07) is 2.87. The summed E-state index contributed by atoms with van der Waals surface area (Å²) in [6.45, 7) is 7.73. The number of hydrogen-bond acceptors (Lipinski definition) is 10. The summed E-state index contributed by atoms with van der Waals surface area (Å²) >= 11 is 0. The van der Waals surface area contributed by atoms with E-state index in [1.165, 1.54) is 19.2 Å². The molecule has 9 rings (SSSR count). The molecule has 6 aliphatic heterocycles. The molecule has 0 aliphatic carbocycles. The number of aromatic hydroxyl groups is 2. The number of phenols is 2. The molecule has 0 saturated carbocycles. The molecular weight excluding hydrogens is 503 g/mol. The number of rotatable bonds is 8. The first-order valence-electron chi connectivity index (χ1n) is 11.8. The van der Waals surface area contributed by atoms with E-state index < -0.39 is 19.1 Å². The molecule has 0 amide bonds. The molecule has 0 unspecified atom stereocenters. The summed E-state index contributed by atoms with van der Waals surface area (Å²) < 4.78 is 39.3. The van der Waals surface area contributed by atoms with Crippen LogP contribution in [0.15, 0.2) is 44.6 Å². The van der Waals surface area contributed by atoms with E-state index in [1.807, 2.05) is 39.8 Å². The van der Waals surface area contributed by atoms with Crippen LogP contribution in [0.4, 0.5) is 0 Å². The Labute approximate surface area is 211 Å². The van der Waals surface area contributed by atoms with E-state index in [0.29, 0.717) is 24.0 Å². The fourth-order valence-corrected chi connectivity index (χ4v) is 7.13. The minimum absolute atomic E-state index is 0.00554. The maximum atomic E-state index is 13.9. The average molecular weight is 530 g/mol. The van der Waals surface area contributed by atoms with Gasteiger partial charge in [0.2, 0.25) is 0 Å². The van der Waals surface area contributed by atoms with E-state index in [-0.39, 0.29) is 51.3 Å². The van der Waals surface area contributed by atoms with Crippen molar-refractivity contribution in [2.45, 2.75) is 46.7 Å². The van der Waals surface area contributed by atoms with Crippen molar-refractivity contribution in [2.24, 2.45) is 0 Å². The minimum Gasteiger partial charge on any atom is -0.0442 e. The van der Waals surface area contributed by atoms with Gasteiger partial charge in [0, 0.05) is 0 Å². The topological polar surface area (TPSA) is 126 Å². The molecule has 6 fully saturated rings. The Morgan fingerprint density at radius 3 is 2.08 bits per heavy atom. The zero-order valence-electron chi connectivity index (χ0n) is 21.0. The van der Waals surface area contributed by atoms with E-state index in [2.05, 4.69) is 0 Å². The summed E-state index contributed by atoms with van der Waals surface area (Å²) in [5, 5.41) is 22.2. The van der Waals surface area contributed by atoms with Crippen LogP contribution >= 0.6 is 7.51 Å². The molecule has 3 aromatic rings. The smallest absolute Gasteiger partial charge is 0.0442 e. The quantitative estimate of drug-likeness (QED) is 0.214. The second-order valence-corrected chi connectivity index (χ2v) is 12.8. The first kappa shape index (κ1) is 24.2. The number of fused-ring (bicyclic) bond motifs is 2. The second kappa shape index (κ2) is 7.69. The molecule has 0 atom stereocenters. The Balaban J connectivity index is 1.55. The standard InChI is InChI=1S/C26H27O10P/c1-13(2)6-8-15-18(31-12-37-33-26(34-37,35-37)36-37)11-20-22(23(15)28)24(29)21-16(9-7-14(3)4)25(30-5)17(27)10-19(21)32-20/h6-7,10-11,27-28H,8-9,12H2,1-5H3. The van der Waals surface area contributed by atoms with Crippen LogP contribution in [-0.4, -0.2) is 29.8 Å². The van der Waals surface area contributed by atoms with Gasteiger partial charge >= 0.3 is 198 Å². The summed E-state index contributed by atoms with van der Waals surface area (Å²) in [5.74, 6) is 0.0237. The fraction of sp³-hybridized carbons (Fsp3) is 0.346. The number of hydrogen-bond donors (Lipinski definition) is 2. The van der Waals surface area contributed by atoms with Crippen molar-refractivity contribution in [3.8, 4) is 23.0 Å². The molecule has 2 aromatic carbocycles. The van der Waals surface area contributed by atoms with Crippen LogP contribution < -0.4 is 14.9 Å². The molecule has 2 bridgehead atoms. The monoisotopic (exact) mass is 530 g/mol. The fourth-order valence-electron chi connectivity index (χ4n) is 4.76. The van der Waals surface area contributed by atoms with Crippen LogP contribution in [0.25, 0.3) is 21.9 Å². The zero-order chi connectivity index (χ0) is 26.4. The Morgan fingerprint density at radius 1 is 0.946 bits per heavy atom. The minimum atomic E-state index is -3.59. The molecule has 7 heterocycles. The van der Waals surface area contributed by atoms with Gasteiger partial charge in [-0.3, -0.25) is 0 Å². The Kier molecular flexibility index (Phi) is 5.03.